The average molecular weight is 357 g/mol. The number of carbonyl (C=O) groups excluding carboxylic acids is 2. The van der Waals surface area contributed by atoms with E-state index in [0.717, 1.165) is 38.6 Å². The molecule has 1 aliphatic carbocycles. The highest BCUT2D eigenvalue weighted by Gasteiger charge is 2.36. The van der Waals surface area contributed by atoms with E-state index in [9.17, 15) is 9.59 Å². The fourth-order valence-corrected chi connectivity index (χ4v) is 4.19. The highest BCUT2D eigenvalue weighted by molar-refractivity contribution is 5.88. The number of nitrogens with one attached hydrogen (secondary N) is 2. The molecule has 0 radical (unpaired) electrons. The maximum Gasteiger partial charge on any atom is 0.237 e. The Morgan fingerprint density at radius 3 is 2.69 bits per heavy atom. The number of hydrogen-bond acceptors (Lipinski definition) is 3. The summed E-state index contributed by atoms with van der Waals surface area (Å²) in [6.07, 6.45) is 8.13. The molecule has 1 atom stereocenters. The van der Waals surface area contributed by atoms with Gasteiger partial charge in [0.1, 0.15) is 0 Å². The van der Waals surface area contributed by atoms with Crippen LogP contribution in [0.2, 0.25) is 0 Å². The van der Waals surface area contributed by atoms with Gasteiger partial charge in [-0.05, 0) is 37.7 Å². The monoisotopic (exact) mass is 357 g/mol. The highest BCUT2D eigenvalue weighted by Crippen LogP contribution is 2.26. The van der Waals surface area contributed by atoms with Crippen LogP contribution in [-0.4, -0.2) is 48.4 Å². The predicted molar refractivity (Wildman–Crippen MR) is 103 cm³/mol. The quantitative estimate of drug-likeness (QED) is 0.702. The van der Waals surface area contributed by atoms with Crippen molar-refractivity contribution in [2.45, 2.75) is 63.5 Å². The van der Waals surface area contributed by atoms with Crippen LogP contribution in [0.5, 0.6) is 0 Å². The molecule has 5 nitrogen and oxygen atoms in total. The largest absolute Gasteiger partial charge is 0.356 e. The van der Waals surface area contributed by atoms with E-state index in [-0.39, 0.29) is 24.3 Å². The summed E-state index contributed by atoms with van der Waals surface area (Å²) in [5.74, 6) is 0.0112. The summed E-state index contributed by atoms with van der Waals surface area (Å²) in [7, 11) is 0. The molecule has 5 heteroatoms. The van der Waals surface area contributed by atoms with Gasteiger partial charge in [-0.1, -0.05) is 43.2 Å². The van der Waals surface area contributed by atoms with Crippen LogP contribution in [-0.2, 0) is 16.0 Å². The molecule has 1 saturated carbocycles. The normalized spacial score (nSPS) is 21.5. The van der Waals surface area contributed by atoms with E-state index < -0.39 is 0 Å². The fraction of sp³-hybridized carbons (Fsp3) is 0.619. The Balaban J connectivity index is 1.39. The lowest BCUT2D eigenvalue weighted by Gasteiger charge is -2.38. The van der Waals surface area contributed by atoms with Crippen molar-refractivity contribution in [3.8, 4) is 0 Å². The molecule has 0 aromatic heterocycles. The number of unbranched alkanes of at least 4 members (excludes halogenated alkanes) is 1. The van der Waals surface area contributed by atoms with Crippen molar-refractivity contribution in [2.75, 3.05) is 19.6 Å². The van der Waals surface area contributed by atoms with Crippen molar-refractivity contribution >= 4 is 11.8 Å². The maximum atomic E-state index is 12.3. The van der Waals surface area contributed by atoms with Crippen LogP contribution in [0, 0.1) is 0 Å². The molecule has 0 bridgehead atoms. The smallest absolute Gasteiger partial charge is 0.237 e. The summed E-state index contributed by atoms with van der Waals surface area (Å²) < 4.78 is 0. The van der Waals surface area contributed by atoms with Gasteiger partial charge in [-0.15, -0.1) is 0 Å². The third-order valence-corrected chi connectivity index (χ3v) is 5.60. The van der Waals surface area contributed by atoms with Gasteiger partial charge in [0.2, 0.25) is 11.8 Å². The minimum atomic E-state index is -0.295. The lowest BCUT2D eigenvalue weighted by atomic mass is 10.0. The Kier molecular flexibility index (Phi) is 7.06. The third kappa shape index (κ3) is 5.31. The Morgan fingerprint density at radius 2 is 1.92 bits per heavy atom. The first-order valence-corrected chi connectivity index (χ1v) is 10.1. The second-order valence-electron chi connectivity index (χ2n) is 7.48. The number of carbonyl (C=O) groups is 2. The summed E-state index contributed by atoms with van der Waals surface area (Å²) >= 11 is 0. The molecule has 1 aromatic carbocycles. The molecule has 1 saturated heterocycles. The van der Waals surface area contributed by atoms with Gasteiger partial charge in [0.05, 0.1) is 12.5 Å². The Labute approximate surface area is 156 Å². The molecule has 0 unspecified atom stereocenters. The zero-order valence-electron chi connectivity index (χ0n) is 15.6. The van der Waals surface area contributed by atoms with Gasteiger partial charge in [0.15, 0.2) is 0 Å². The SMILES string of the molecule is O=C(C[C@@H]1C(=O)NCCN1C1CCCC1)NCCCCc1ccccc1. The van der Waals surface area contributed by atoms with Crippen LogP contribution in [0.1, 0.15) is 50.5 Å². The topological polar surface area (TPSA) is 61.4 Å². The zero-order valence-corrected chi connectivity index (χ0v) is 15.6. The van der Waals surface area contributed by atoms with E-state index in [2.05, 4.69) is 39.8 Å². The number of aryl methyl sites for hydroxylation is 1. The molecule has 2 fully saturated rings. The first-order valence-electron chi connectivity index (χ1n) is 10.1. The van der Waals surface area contributed by atoms with E-state index in [1.54, 1.807) is 0 Å². The number of benzene rings is 1. The molecule has 2 aliphatic rings. The Morgan fingerprint density at radius 1 is 1.15 bits per heavy atom. The number of nitrogens with zero attached hydrogens (tertiary/aromatic N) is 1. The molecule has 3 rings (SSSR count). The van der Waals surface area contributed by atoms with E-state index in [1.165, 1.54) is 18.4 Å². The van der Waals surface area contributed by atoms with Gasteiger partial charge in [0.25, 0.3) is 0 Å². The van der Waals surface area contributed by atoms with Crippen LogP contribution in [0.4, 0.5) is 0 Å². The van der Waals surface area contributed by atoms with Crippen molar-refractivity contribution in [3.05, 3.63) is 35.9 Å². The predicted octanol–water partition coefficient (Wildman–Crippen LogP) is 2.26. The van der Waals surface area contributed by atoms with Gasteiger partial charge >= 0.3 is 0 Å². The van der Waals surface area contributed by atoms with Gasteiger partial charge < -0.3 is 10.6 Å². The molecule has 26 heavy (non-hydrogen) atoms. The summed E-state index contributed by atoms with van der Waals surface area (Å²) in [6.45, 7) is 2.25. The van der Waals surface area contributed by atoms with E-state index in [1.807, 2.05) is 6.07 Å². The van der Waals surface area contributed by atoms with Crippen LogP contribution >= 0.6 is 0 Å². The van der Waals surface area contributed by atoms with Crippen LogP contribution < -0.4 is 10.6 Å². The lowest BCUT2D eigenvalue weighted by molar-refractivity contribution is -0.135. The molecule has 2 amide bonds. The minimum absolute atomic E-state index is 0.00485. The first kappa shape index (κ1) is 18.9. The number of piperazine rings is 1. The minimum Gasteiger partial charge on any atom is -0.356 e. The number of hydrogen-bond donors (Lipinski definition) is 2. The van der Waals surface area contributed by atoms with E-state index in [0.29, 0.717) is 19.1 Å². The van der Waals surface area contributed by atoms with Gasteiger partial charge in [0, 0.05) is 25.7 Å². The molecule has 0 spiro atoms. The average Bonchev–Trinajstić information content (AvgIpc) is 3.18. The second kappa shape index (κ2) is 9.72. The van der Waals surface area contributed by atoms with Crippen molar-refractivity contribution in [3.63, 3.8) is 0 Å². The Bertz CT molecular complexity index is 584. The van der Waals surface area contributed by atoms with E-state index >= 15 is 0 Å². The lowest BCUT2D eigenvalue weighted by Crippen LogP contribution is -2.59. The first-order chi connectivity index (χ1) is 12.7. The summed E-state index contributed by atoms with van der Waals surface area (Å²) in [5.41, 5.74) is 1.34. The Hall–Kier alpha value is -1.88. The van der Waals surface area contributed by atoms with Crippen LogP contribution in [0.15, 0.2) is 30.3 Å². The molecular formula is C21H31N3O2. The van der Waals surface area contributed by atoms with Crippen LogP contribution in [0.25, 0.3) is 0 Å². The summed E-state index contributed by atoms with van der Waals surface area (Å²) in [6, 6.07) is 10.6. The van der Waals surface area contributed by atoms with Crippen molar-refractivity contribution in [1.29, 1.82) is 0 Å². The number of amides is 2. The van der Waals surface area contributed by atoms with E-state index in [4.69, 9.17) is 0 Å². The maximum absolute atomic E-state index is 12.3. The molecule has 2 N–H and O–H groups in total. The summed E-state index contributed by atoms with van der Waals surface area (Å²) in [5, 5.41) is 5.93. The molecular weight excluding hydrogens is 326 g/mol. The second-order valence-corrected chi connectivity index (χ2v) is 7.48. The van der Waals surface area contributed by atoms with Crippen LogP contribution in [0.3, 0.4) is 0 Å². The van der Waals surface area contributed by atoms with Crippen molar-refractivity contribution < 1.29 is 9.59 Å². The molecule has 142 valence electrons. The van der Waals surface area contributed by atoms with Crippen molar-refractivity contribution in [1.82, 2.24) is 15.5 Å². The zero-order chi connectivity index (χ0) is 18.2. The standard InChI is InChI=1S/C21H31N3O2/c25-20(22-13-7-6-10-17-8-2-1-3-9-17)16-19-21(26)23-14-15-24(19)18-11-4-5-12-18/h1-3,8-9,18-19H,4-7,10-16H2,(H,22,25)(H,23,26)/t19-/m1/s1. The van der Waals surface area contributed by atoms with Gasteiger partial charge in [-0.25, -0.2) is 0 Å². The highest BCUT2D eigenvalue weighted by atomic mass is 16.2. The van der Waals surface area contributed by atoms with Gasteiger partial charge in [-0.2, -0.15) is 0 Å². The van der Waals surface area contributed by atoms with Gasteiger partial charge in [-0.3, -0.25) is 14.5 Å². The number of rotatable bonds is 8. The molecule has 1 aliphatic heterocycles. The third-order valence-electron chi connectivity index (χ3n) is 5.60. The van der Waals surface area contributed by atoms with Crippen molar-refractivity contribution in [2.24, 2.45) is 0 Å². The molecule has 1 aromatic rings. The molecule has 1 heterocycles. The summed E-state index contributed by atoms with van der Waals surface area (Å²) in [4.78, 5) is 26.9. The fourth-order valence-electron chi connectivity index (χ4n) is 4.19.